The van der Waals surface area contributed by atoms with Gasteiger partial charge in [-0.05, 0) is 38.5 Å². The molecule has 5 heteroatoms. The Kier molecular flexibility index (Phi) is 7.75. The van der Waals surface area contributed by atoms with Gasteiger partial charge < -0.3 is 10.2 Å². The Bertz CT molecular complexity index is 427. The van der Waals surface area contributed by atoms with Gasteiger partial charge in [-0.3, -0.25) is 10.1 Å². The van der Waals surface area contributed by atoms with Crippen LogP contribution in [0.25, 0.3) is 0 Å². The summed E-state index contributed by atoms with van der Waals surface area (Å²) in [5.74, 6) is 0. The second-order valence-electron chi connectivity index (χ2n) is 5.21. The van der Waals surface area contributed by atoms with Gasteiger partial charge in [0, 0.05) is 30.9 Å². The van der Waals surface area contributed by atoms with Crippen molar-refractivity contribution in [3.05, 3.63) is 45.8 Å². The van der Waals surface area contributed by atoms with Crippen molar-refractivity contribution in [3.63, 3.8) is 0 Å². The predicted molar refractivity (Wildman–Crippen MR) is 86.5 cm³/mol. The minimum absolute atomic E-state index is 0.179. The van der Waals surface area contributed by atoms with Gasteiger partial charge >= 0.3 is 0 Å². The molecule has 0 aromatic heterocycles. The highest BCUT2D eigenvalue weighted by Gasteiger charge is 2.22. The second kappa shape index (κ2) is 9.34. The van der Waals surface area contributed by atoms with Gasteiger partial charge in [0.1, 0.15) is 0 Å². The molecule has 1 saturated heterocycles. The summed E-state index contributed by atoms with van der Waals surface area (Å²) in [6.45, 7) is 9.03. The number of nitrogens with one attached hydrogen (secondary N) is 1. The molecule has 0 aromatic carbocycles. The average molecular weight is 293 g/mol. The number of allylic oxidation sites excluding steroid dienone is 4. The molecule has 0 spiro atoms. The van der Waals surface area contributed by atoms with Gasteiger partial charge in [-0.15, -0.1) is 0 Å². The first-order chi connectivity index (χ1) is 10.1. The standard InChI is InChI=1S/C16H27N3O2/c1-4-7-8-16(19(20)21)10-9-15(5-2)18-12-11-14(13-18)17-6-3/h5,8-10,14,17H,4,6-7,11-13H2,1-3H3/b10-9-,15-5+,16-8-. The molecule has 1 heterocycles. The fourth-order valence-electron chi connectivity index (χ4n) is 2.50. The zero-order valence-electron chi connectivity index (χ0n) is 13.3. The van der Waals surface area contributed by atoms with Crippen LogP contribution in [0.2, 0.25) is 0 Å². The highest BCUT2D eigenvalue weighted by Crippen LogP contribution is 2.17. The first-order valence-electron chi connectivity index (χ1n) is 7.79. The summed E-state index contributed by atoms with van der Waals surface area (Å²) in [6.07, 6.45) is 9.95. The molecule has 5 nitrogen and oxygen atoms in total. The lowest BCUT2D eigenvalue weighted by Crippen LogP contribution is -2.31. The molecule has 1 aliphatic rings. The highest BCUT2D eigenvalue weighted by atomic mass is 16.6. The fraction of sp³-hybridized carbons (Fsp3) is 0.625. The number of rotatable bonds is 8. The van der Waals surface area contributed by atoms with E-state index in [0.29, 0.717) is 6.04 Å². The van der Waals surface area contributed by atoms with Crippen LogP contribution < -0.4 is 5.32 Å². The second-order valence-corrected chi connectivity index (χ2v) is 5.21. The van der Waals surface area contributed by atoms with Crippen molar-refractivity contribution in [2.45, 2.75) is 46.1 Å². The van der Waals surface area contributed by atoms with E-state index in [1.165, 1.54) is 0 Å². The van der Waals surface area contributed by atoms with E-state index in [4.69, 9.17) is 0 Å². The first kappa shape index (κ1) is 17.4. The smallest absolute Gasteiger partial charge is 0.265 e. The molecule has 21 heavy (non-hydrogen) atoms. The van der Waals surface area contributed by atoms with E-state index in [0.717, 1.165) is 44.6 Å². The van der Waals surface area contributed by atoms with Crippen LogP contribution in [-0.4, -0.2) is 35.5 Å². The van der Waals surface area contributed by atoms with Gasteiger partial charge in [0.25, 0.3) is 5.70 Å². The van der Waals surface area contributed by atoms with Crippen LogP contribution in [0.1, 0.15) is 40.0 Å². The summed E-state index contributed by atoms with van der Waals surface area (Å²) in [5.41, 5.74) is 1.23. The number of unbranched alkanes of at least 4 members (excludes halogenated alkanes) is 1. The van der Waals surface area contributed by atoms with E-state index < -0.39 is 0 Å². The molecule has 1 aliphatic heterocycles. The summed E-state index contributed by atoms with van der Waals surface area (Å²) in [4.78, 5) is 13.0. The van der Waals surface area contributed by atoms with E-state index >= 15 is 0 Å². The quantitative estimate of drug-likeness (QED) is 0.424. The third-order valence-corrected chi connectivity index (χ3v) is 3.62. The molecular weight excluding hydrogens is 266 g/mol. The Labute approximate surface area is 127 Å². The zero-order chi connectivity index (χ0) is 15.7. The van der Waals surface area contributed by atoms with Crippen molar-refractivity contribution in [1.29, 1.82) is 0 Å². The summed E-state index contributed by atoms with van der Waals surface area (Å²) in [6, 6.07) is 0.518. The third-order valence-electron chi connectivity index (χ3n) is 3.62. The SMILES string of the molecule is C\C=C(/C=C\C(=C\CCC)[N+](=O)[O-])N1CCC(NCC)C1. The van der Waals surface area contributed by atoms with Crippen LogP contribution >= 0.6 is 0 Å². The molecular formula is C16H27N3O2. The molecule has 0 aliphatic carbocycles. The third kappa shape index (κ3) is 5.71. The van der Waals surface area contributed by atoms with Crippen LogP contribution in [0.4, 0.5) is 0 Å². The lowest BCUT2D eigenvalue weighted by Gasteiger charge is -2.19. The maximum absolute atomic E-state index is 11.0. The molecule has 0 saturated carbocycles. The molecule has 1 rings (SSSR count). The Hall–Kier alpha value is -1.62. The van der Waals surface area contributed by atoms with Gasteiger partial charge in [-0.2, -0.15) is 0 Å². The lowest BCUT2D eigenvalue weighted by atomic mass is 10.2. The van der Waals surface area contributed by atoms with Crippen LogP contribution in [0.3, 0.4) is 0 Å². The predicted octanol–water partition coefficient (Wildman–Crippen LogP) is 3.09. The first-order valence-corrected chi connectivity index (χ1v) is 7.79. The molecule has 1 N–H and O–H groups in total. The topological polar surface area (TPSA) is 58.4 Å². The van der Waals surface area contributed by atoms with Gasteiger partial charge in [0.05, 0.1) is 4.92 Å². The number of nitro groups is 1. The number of likely N-dealkylation sites (N-methyl/N-ethyl adjacent to an activating group) is 1. The average Bonchev–Trinajstić information content (AvgIpc) is 2.91. The van der Waals surface area contributed by atoms with Crippen LogP contribution in [0, 0.1) is 10.1 Å². The molecule has 1 atom stereocenters. The van der Waals surface area contributed by atoms with Crippen molar-refractivity contribution in [3.8, 4) is 0 Å². The number of hydrogen-bond donors (Lipinski definition) is 1. The maximum Gasteiger partial charge on any atom is 0.265 e. The number of nitrogens with zero attached hydrogens (tertiary/aromatic N) is 2. The number of hydrogen-bond acceptors (Lipinski definition) is 4. The molecule has 0 amide bonds. The summed E-state index contributed by atoms with van der Waals surface area (Å²) < 4.78 is 0. The Morgan fingerprint density at radius 3 is 2.76 bits per heavy atom. The molecule has 0 radical (unpaired) electrons. The largest absolute Gasteiger partial charge is 0.370 e. The van der Waals surface area contributed by atoms with Crippen molar-refractivity contribution in [2.75, 3.05) is 19.6 Å². The summed E-state index contributed by atoms with van der Waals surface area (Å²) in [5, 5.41) is 14.5. The minimum Gasteiger partial charge on any atom is -0.370 e. The van der Waals surface area contributed by atoms with Gasteiger partial charge in [0.2, 0.25) is 0 Å². The van der Waals surface area contributed by atoms with Crippen molar-refractivity contribution in [2.24, 2.45) is 0 Å². The highest BCUT2D eigenvalue weighted by molar-refractivity contribution is 5.24. The normalized spacial score (nSPS) is 20.5. The van der Waals surface area contributed by atoms with E-state index in [1.807, 2.05) is 26.0 Å². The van der Waals surface area contributed by atoms with E-state index in [1.54, 1.807) is 12.2 Å². The van der Waals surface area contributed by atoms with Crippen molar-refractivity contribution in [1.82, 2.24) is 10.2 Å². The fourth-order valence-corrected chi connectivity index (χ4v) is 2.50. The maximum atomic E-state index is 11.0. The number of likely N-dealkylation sites (tertiary alicyclic amines) is 1. The summed E-state index contributed by atoms with van der Waals surface area (Å²) >= 11 is 0. The Morgan fingerprint density at radius 2 is 2.19 bits per heavy atom. The Balaban J connectivity index is 2.69. The van der Waals surface area contributed by atoms with E-state index in [2.05, 4.69) is 17.1 Å². The molecule has 118 valence electrons. The Morgan fingerprint density at radius 1 is 1.43 bits per heavy atom. The molecule has 1 unspecified atom stereocenters. The van der Waals surface area contributed by atoms with Crippen molar-refractivity contribution >= 4 is 0 Å². The van der Waals surface area contributed by atoms with Crippen LogP contribution in [-0.2, 0) is 0 Å². The van der Waals surface area contributed by atoms with E-state index in [9.17, 15) is 10.1 Å². The molecule has 0 bridgehead atoms. The van der Waals surface area contributed by atoms with Crippen LogP contribution in [0.15, 0.2) is 35.7 Å². The monoisotopic (exact) mass is 293 g/mol. The van der Waals surface area contributed by atoms with Crippen LogP contribution in [0.5, 0.6) is 0 Å². The van der Waals surface area contributed by atoms with Gasteiger partial charge in [-0.25, -0.2) is 0 Å². The lowest BCUT2D eigenvalue weighted by molar-refractivity contribution is -0.419. The molecule has 1 fully saturated rings. The van der Waals surface area contributed by atoms with Crippen molar-refractivity contribution < 1.29 is 4.92 Å². The molecule has 0 aromatic rings. The van der Waals surface area contributed by atoms with Gasteiger partial charge in [0.15, 0.2) is 0 Å². The summed E-state index contributed by atoms with van der Waals surface area (Å²) in [7, 11) is 0. The van der Waals surface area contributed by atoms with E-state index in [-0.39, 0.29) is 10.6 Å². The zero-order valence-corrected chi connectivity index (χ0v) is 13.3. The van der Waals surface area contributed by atoms with Gasteiger partial charge in [-0.1, -0.05) is 26.3 Å². The minimum atomic E-state index is -0.315.